The number of hydrogen-bond acceptors (Lipinski definition) is 3. The van der Waals surface area contributed by atoms with Gasteiger partial charge in [0, 0.05) is 45.7 Å². The van der Waals surface area contributed by atoms with Crippen molar-refractivity contribution in [2.24, 2.45) is 40.4 Å². The predicted molar refractivity (Wildman–Crippen MR) is 103 cm³/mol. The number of Topliss-reactive ketones (excluding diaryl/α,β-unsaturated/α-hetero) is 1. The molecule has 4 aliphatic rings. The van der Waals surface area contributed by atoms with Crippen molar-refractivity contribution in [3.63, 3.8) is 0 Å². The van der Waals surface area contributed by atoms with Crippen LogP contribution in [-0.4, -0.2) is 19.4 Å². The predicted octanol–water partition coefficient (Wildman–Crippen LogP) is 2.14. The van der Waals surface area contributed by atoms with Crippen LogP contribution < -0.4 is 58.2 Å². The minimum atomic E-state index is 0. The molecule has 151 valence electrons. The summed E-state index contributed by atoms with van der Waals surface area (Å²) in [5, 5.41) is 0. The Morgan fingerprint density at radius 3 is 2.29 bits per heavy atom. The van der Waals surface area contributed by atoms with Crippen LogP contribution in [0.5, 0.6) is 0 Å². The van der Waals surface area contributed by atoms with E-state index in [9.17, 15) is 4.79 Å². The molecule has 0 N–H and O–H groups in total. The summed E-state index contributed by atoms with van der Waals surface area (Å²) in [6.45, 7) is 8.12. The Labute approximate surface area is 246 Å². The molecule has 7 unspecified atom stereocenters. The zero-order valence-corrected chi connectivity index (χ0v) is 26.4. The third-order valence-corrected chi connectivity index (χ3v) is 8.98. The smallest absolute Gasteiger partial charge is 0.655 e. The molecule has 4 rings (SSSR count). The SMILES string of the molecule is CC(=O)C1CCC2C3CCC4C[CH-]CCC4(C)C3CCC12C.CO[C-]=O.[Rb+].[Y]. The van der Waals surface area contributed by atoms with Gasteiger partial charge in [0.05, 0.1) is 0 Å². The average Bonchev–Trinajstić information content (AvgIpc) is 2.99. The fourth-order valence-corrected chi connectivity index (χ4v) is 7.71. The number of fused-ring (bicyclic) bond motifs is 5. The topological polar surface area (TPSA) is 43.4 Å². The zero-order chi connectivity index (χ0) is 18.9. The average molecular weight is 535 g/mol. The minimum absolute atomic E-state index is 0. The quantitative estimate of drug-likeness (QED) is 0.510. The Morgan fingerprint density at radius 1 is 1.04 bits per heavy atom. The maximum absolute atomic E-state index is 12.2. The van der Waals surface area contributed by atoms with E-state index in [1.54, 1.807) is 0 Å². The molecule has 7 atom stereocenters. The fourth-order valence-electron chi connectivity index (χ4n) is 7.71. The van der Waals surface area contributed by atoms with Crippen molar-refractivity contribution >= 4 is 12.3 Å². The third-order valence-electron chi connectivity index (χ3n) is 8.98. The molecule has 0 aliphatic heterocycles. The third kappa shape index (κ3) is 5.16. The van der Waals surface area contributed by atoms with Gasteiger partial charge in [0.15, 0.2) is 0 Å². The Morgan fingerprint density at radius 2 is 1.68 bits per heavy atom. The maximum Gasteiger partial charge on any atom is 1.00 e. The second kappa shape index (κ2) is 11.8. The van der Waals surface area contributed by atoms with Crippen LogP contribution in [0.3, 0.4) is 0 Å². The van der Waals surface area contributed by atoms with Gasteiger partial charge in [-0.05, 0) is 67.6 Å². The molecular formula is C23H36O3RbY-. The van der Waals surface area contributed by atoms with Crippen LogP contribution in [-0.2, 0) is 47.0 Å². The largest absolute Gasteiger partial charge is 1.00 e. The summed E-state index contributed by atoms with van der Waals surface area (Å²) < 4.78 is 3.74. The Balaban J connectivity index is 0.000000601. The van der Waals surface area contributed by atoms with Gasteiger partial charge in [0.2, 0.25) is 0 Å². The molecule has 4 fully saturated rings. The summed E-state index contributed by atoms with van der Waals surface area (Å²) in [5.41, 5.74) is 0.935. The van der Waals surface area contributed by atoms with Crippen molar-refractivity contribution in [1.29, 1.82) is 0 Å². The van der Waals surface area contributed by atoms with E-state index in [0.29, 0.717) is 22.5 Å². The number of hydrogen-bond donors (Lipinski definition) is 0. The summed E-state index contributed by atoms with van der Waals surface area (Å²) in [7, 11) is 1.26. The molecular weight excluding hydrogens is 499 g/mol. The molecule has 0 aromatic heterocycles. The first-order valence-corrected chi connectivity index (χ1v) is 10.6. The molecule has 0 aromatic rings. The van der Waals surface area contributed by atoms with Crippen LogP contribution in [0.2, 0.25) is 0 Å². The van der Waals surface area contributed by atoms with E-state index in [-0.39, 0.29) is 90.9 Å². The first kappa shape index (κ1) is 28.1. The zero-order valence-electron chi connectivity index (χ0n) is 18.6. The first-order valence-electron chi connectivity index (χ1n) is 10.6. The van der Waals surface area contributed by atoms with Gasteiger partial charge >= 0.3 is 58.2 Å². The number of carbonyl (C=O) groups is 1. The molecule has 3 nitrogen and oxygen atoms in total. The van der Waals surface area contributed by atoms with Gasteiger partial charge in [0.1, 0.15) is 5.78 Å². The first-order chi connectivity index (χ1) is 12.4. The summed E-state index contributed by atoms with van der Waals surface area (Å²) in [6, 6.07) is 0. The molecule has 0 bridgehead atoms. The Bertz CT molecular complexity index is 542. The maximum atomic E-state index is 12.2. The number of carbonyl (C=O) groups excluding carboxylic acids is 2. The van der Waals surface area contributed by atoms with Crippen molar-refractivity contribution in [2.45, 2.75) is 78.6 Å². The fraction of sp³-hybridized carbons (Fsp3) is 0.870. The summed E-state index contributed by atoms with van der Waals surface area (Å²) in [5.74, 6) is 4.49. The summed E-state index contributed by atoms with van der Waals surface area (Å²) in [4.78, 5) is 21.0. The van der Waals surface area contributed by atoms with E-state index in [1.807, 2.05) is 6.92 Å². The van der Waals surface area contributed by atoms with Gasteiger partial charge in [-0.25, -0.2) is 0 Å². The second-order valence-electron chi connectivity index (χ2n) is 9.79. The van der Waals surface area contributed by atoms with E-state index < -0.39 is 0 Å². The van der Waals surface area contributed by atoms with Crippen LogP contribution in [0.1, 0.15) is 78.6 Å². The molecule has 4 aliphatic carbocycles. The van der Waals surface area contributed by atoms with E-state index in [4.69, 9.17) is 4.79 Å². The van der Waals surface area contributed by atoms with Gasteiger partial charge in [-0.1, -0.05) is 39.1 Å². The Hall–Kier alpha value is 2.05. The van der Waals surface area contributed by atoms with Crippen LogP contribution in [0, 0.1) is 46.8 Å². The van der Waals surface area contributed by atoms with Crippen LogP contribution >= 0.6 is 0 Å². The van der Waals surface area contributed by atoms with E-state index in [2.05, 4.69) is 25.0 Å². The second-order valence-corrected chi connectivity index (χ2v) is 9.79. The van der Waals surface area contributed by atoms with Crippen molar-refractivity contribution in [3.8, 4) is 0 Å². The summed E-state index contributed by atoms with van der Waals surface area (Å²) in [6.07, 6.45) is 14.8. The normalized spacial score (nSPS) is 43.4. The molecule has 0 heterocycles. The monoisotopic (exact) mass is 534 g/mol. The van der Waals surface area contributed by atoms with Crippen LogP contribution in [0.4, 0.5) is 0 Å². The number of ether oxygens (including phenoxy) is 1. The van der Waals surface area contributed by atoms with Gasteiger partial charge < -0.3 is 16.0 Å². The molecule has 0 aromatic carbocycles. The van der Waals surface area contributed by atoms with E-state index in [1.165, 1.54) is 71.4 Å². The molecule has 0 saturated heterocycles. The van der Waals surface area contributed by atoms with Crippen molar-refractivity contribution in [2.75, 3.05) is 7.11 Å². The van der Waals surface area contributed by atoms with E-state index >= 15 is 0 Å². The molecule has 0 amide bonds. The van der Waals surface area contributed by atoms with Gasteiger partial charge in [-0.2, -0.15) is 12.8 Å². The van der Waals surface area contributed by atoms with Gasteiger partial charge in [0.25, 0.3) is 0 Å². The Kier molecular flexibility index (Phi) is 11.8. The summed E-state index contributed by atoms with van der Waals surface area (Å²) >= 11 is 0. The molecule has 0 spiro atoms. The molecule has 1 radical (unpaired) electrons. The minimum Gasteiger partial charge on any atom is -0.655 e. The van der Waals surface area contributed by atoms with Crippen molar-refractivity contribution in [3.05, 3.63) is 6.42 Å². The van der Waals surface area contributed by atoms with Crippen molar-refractivity contribution < 1.29 is 105 Å². The van der Waals surface area contributed by atoms with Crippen LogP contribution in [0.15, 0.2) is 0 Å². The molecule has 5 heteroatoms. The molecule has 28 heavy (non-hydrogen) atoms. The molecule has 4 saturated carbocycles. The van der Waals surface area contributed by atoms with Crippen LogP contribution in [0.25, 0.3) is 0 Å². The van der Waals surface area contributed by atoms with Gasteiger partial charge in [-0.3, -0.25) is 4.79 Å². The van der Waals surface area contributed by atoms with Gasteiger partial charge in [-0.15, -0.1) is 0 Å². The number of ketones is 1. The number of rotatable bonds is 2. The number of methoxy groups -OCH3 is 1. The van der Waals surface area contributed by atoms with Crippen molar-refractivity contribution in [1.82, 2.24) is 0 Å². The standard InChI is InChI=1S/C21H33O.C2H3O2.Rb.Y/c1-14(22)17-9-10-18-16-8-7-15-6-4-5-12-20(15,2)19(16)11-13-21(17,18)3;1-4-2-3;;/h4,15-19H,5-13H2,1-3H3;1H3;;/q2*-1;+1;. The van der Waals surface area contributed by atoms with E-state index in [0.717, 1.165) is 23.7 Å².